The number of hydrogen-bond acceptors (Lipinski definition) is 6. The first-order valence-electron chi connectivity index (χ1n) is 18.4. The number of hydrogen-bond donors (Lipinski definition) is 0. The zero-order valence-electron chi connectivity index (χ0n) is 28.8. The van der Waals surface area contributed by atoms with Crippen molar-refractivity contribution in [2.45, 2.75) is 0 Å². The monoisotopic (exact) mass is 706 g/mol. The molecule has 0 spiro atoms. The van der Waals surface area contributed by atoms with Gasteiger partial charge >= 0.3 is 0 Å². The van der Waals surface area contributed by atoms with Crippen LogP contribution in [0.15, 0.2) is 157 Å². The van der Waals surface area contributed by atoms with Crippen LogP contribution in [0.25, 0.3) is 98.9 Å². The largest absolute Gasteiger partial charge is 0.456 e. The summed E-state index contributed by atoms with van der Waals surface area (Å²) in [6.45, 7) is -0.441. The van der Waals surface area contributed by atoms with E-state index in [0.717, 1.165) is 104 Å². The molecule has 0 saturated heterocycles. The van der Waals surface area contributed by atoms with E-state index in [1.807, 2.05) is 78.9 Å². The van der Waals surface area contributed by atoms with Crippen molar-refractivity contribution in [2.24, 2.45) is 0 Å². The molecule has 0 atom stereocenters. The summed E-state index contributed by atoms with van der Waals surface area (Å²) in [5, 5.41) is 7.93. The fourth-order valence-corrected chi connectivity index (χ4v) is 9.56. The highest BCUT2D eigenvalue weighted by atomic mass is 16.5. The van der Waals surface area contributed by atoms with E-state index in [1.165, 1.54) is 0 Å². The average molecular weight is 707 g/mol. The first-order valence-corrected chi connectivity index (χ1v) is 18.4. The van der Waals surface area contributed by atoms with Gasteiger partial charge in [-0.25, -0.2) is 0 Å². The lowest BCUT2D eigenvalue weighted by Crippen LogP contribution is -2.57. The Bertz CT molecular complexity index is 3460. The van der Waals surface area contributed by atoms with Gasteiger partial charge in [-0.1, -0.05) is 103 Å². The summed E-state index contributed by atoms with van der Waals surface area (Å²) < 4.78 is 42.0. The van der Waals surface area contributed by atoms with Crippen molar-refractivity contribution in [1.82, 2.24) is 0 Å². The van der Waals surface area contributed by atoms with Crippen molar-refractivity contribution in [3.8, 4) is 34.1 Å². The van der Waals surface area contributed by atoms with Crippen LogP contribution in [-0.2, 0) is 0 Å². The predicted molar refractivity (Wildman–Crippen MR) is 219 cm³/mol. The second-order valence-corrected chi connectivity index (χ2v) is 14.6. The van der Waals surface area contributed by atoms with Crippen molar-refractivity contribution in [2.75, 3.05) is 0 Å². The maximum Gasteiger partial charge on any atom is 0.270 e. The fourth-order valence-electron chi connectivity index (χ4n) is 9.56. The minimum Gasteiger partial charge on any atom is -0.456 e. The van der Waals surface area contributed by atoms with Crippen molar-refractivity contribution in [3.63, 3.8) is 0 Å². The Morgan fingerprint density at radius 3 is 1.13 bits per heavy atom. The van der Waals surface area contributed by atoms with Crippen LogP contribution >= 0.6 is 0 Å². The SMILES string of the molecule is c1ccc(-c2cc3c4c(c2)Oc2c(c5oc6ccccc6c5c5c2oc2ccccc25)B4c2c(c4oc5ccccc5c4c4c2oc2ccccc24)O3)cc1. The van der Waals surface area contributed by atoms with Gasteiger partial charge in [0.25, 0.3) is 6.71 Å². The van der Waals surface area contributed by atoms with Crippen molar-refractivity contribution < 1.29 is 27.1 Å². The third-order valence-corrected chi connectivity index (χ3v) is 11.8. The molecular formula is C48H23BO6. The molecule has 6 nitrogen and oxygen atoms in total. The first kappa shape index (κ1) is 28.2. The summed E-state index contributed by atoms with van der Waals surface area (Å²) in [6.07, 6.45) is 0. The lowest BCUT2D eigenvalue weighted by atomic mass is 9.34. The minimum absolute atomic E-state index is 0.441. The van der Waals surface area contributed by atoms with E-state index in [2.05, 4.69) is 60.7 Å². The van der Waals surface area contributed by atoms with E-state index in [4.69, 9.17) is 27.1 Å². The van der Waals surface area contributed by atoms with Gasteiger partial charge in [0, 0.05) is 59.5 Å². The molecule has 0 saturated carbocycles. The van der Waals surface area contributed by atoms with Crippen LogP contribution in [0.3, 0.4) is 0 Å². The summed E-state index contributed by atoms with van der Waals surface area (Å²) >= 11 is 0. The Kier molecular flexibility index (Phi) is 5.01. The molecule has 7 heteroatoms. The molecule has 0 bridgehead atoms. The van der Waals surface area contributed by atoms with Crippen LogP contribution in [0.2, 0.25) is 0 Å². The first-order chi connectivity index (χ1) is 27.3. The van der Waals surface area contributed by atoms with Crippen LogP contribution in [-0.4, -0.2) is 6.71 Å². The molecule has 14 rings (SSSR count). The van der Waals surface area contributed by atoms with Gasteiger partial charge in [-0.2, -0.15) is 0 Å². The summed E-state index contributed by atoms with van der Waals surface area (Å²) in [6, 6.07) is 47.3. The number of fused-ring (bicyclic) bond motifs is 22. The third-order valence-electron chi connectivity index (χ3n) is 11.8. The van der Waals surface area contributed by atoms with Gasteiger partial charge in [-0.05, 0) is 47.5 Å². The molecule has 4 aromatic heterocycles. The Hall–Kier alpha value is -7.38. The van der Waals surface area contributed by atoms with Crippen LogP contribution < -0.4 is 25.9 Å². The average Bonchev–Trinajstić information content (AvgIpc) is 4.01. The topological polar surface area (TPSA) is 71.0 Å². The molecule has 2 aliphatic heterocycles. The second kappa shape index (κ2) is 9.78. The van der Waals surface area contributed by atoms with Crippen LogP contribution in [0.1, 0.15) is 0 Å². The van der Waals surface area contributed by atoms with Crippen molar-refractivity contribution >= 4 is 111 Å². The lowest BCUT2D eigenvalue weighted by molar-refractivity contribution is 0.459. The quantitative estimate of drug-likeness (QED) is 0.158. The standard InChI is InChI=1S/C48H23BO6/c1-2-12-24(13-3-1)25-22-34-40-35(23-25)55-48-42(44-37(27-15-5-9-19-31(27)51-44)39-29-17-7-11-21-33(29)53-46(39)48)49(40)41-43-36(26-14-4-8-18-30(26)50-43)38-28-16-6-10-20-32(28)52-45(38)47(41)54-34/h1-23H. The van der Waals surface area contributed by atoms with Gasteiger partial charge in [0.2, 0.25) is 0 Å². The molecule has 0 N–H and O–H groups in total. The fraction of sp³-hybridized carbons (Fsp3) is 0. The summed E-state index contributed by atoms with van der Waals surface area (Å²) in [5.41, 5.74) is 10.6. The van der Waals surface area contributed by atoms with Crippen molar-refractivity contribution in [1.29, 1.82) is 0 Å². The van der Waals surface area contributed by atoms with Gasteiger partial charge in [0.05, 0.1) is 0 Å². The number of para-hydroxylation sites is 4. The molecule has 2 aliphatic rings. The molecule has 0 amide bonds. The van der Waals surface area contributed by atoms with E-state index < -0.39 is 6.71 Å². The molecule has 0 radical (unpaired) electrons. The number of furan rings is 4. The minimum atomic E-state index is -0.441. The van der Waals surface area contributed by atoms with Gasteiger partial charge in [0.1, 0.15) is 45.0 Å². The molecule has 12 aromatic rings. The zero-order valence-corrected chi connectivity index (χ0v) is 28.8. The number of ether oxygens (including phenoxy) is 2. The maximum absolute atomic E-state index is 7.17. The van der Waals surface area contributed by atoms with E-state index in [-0.39, 0.29) is 0 Å². The summed E-state index contributed by atoms with van der Waals surface area (Å²) in [7, 11) is 0. The molecular weight excluding hydrogens is 683 g/mol. The highest BCUT2D eigenvalue weighted by Gasteiger charge is 2.48. The summed E-state index contributed by atoms with van der Waals surface area (Å²) in [5.74, 6) is 2.61. The third kappa shape index (κ3) is 3.43. The highest BCUT2D eigenvalue weighted by Crippen LogP contribution is 2.51. The second-order valence-electron chi connectivity index (χ2n) is 14.6. The van der Waals surface area contributed by atoms with Crippen molar-refractivity contribution in [3.05, 3.63) is 140 Å². The molecule has 55 heavy (non-hydrogen) atoms. The normalized spacial score (nSPS) is 13.3. The number of rotatable bonds is 1. The van der Waals surface area contributed by atoms with E-state index in [0.29, 0.717) is 34.2 Å². The van der Waals surface area contributed by atoms with Gasteiger partial charge in [-0.3, -0.25) is 0 Å². The Morgan fingerprint density at radius 2 is 0.691 bits per heavy atom. The zero-order chi connectivity index (χ0) is 35.5. The summed E-state index contributed by atoms with van der Waals surface area (Å²) in [4.78, 5) is 0. The molecule has 0 aliphatic carbocycles. The lowest BCUT2D eigenvalue weighted by Gasteiger charge is -2.33. The Labute approximate surface area is 310 Å². The predicted octanol–water partition coefficient (Wildman–Crippen LogP) is 11.7. The van der Waals surface area contributed by atoms with E-state index in [1.54, 1.807) is 0 Å². The molecule has 6 heterocycles. The smallest absolute Gasteiger partial charge is 0.270 e. The molecule has 0 fully saturated rings. The Balaban J connectivity index is 1.23. The van der Waals surface area contributed by atoms with Crippen LogP contribution in [0.5, 0.6) is 23.0 Å². The molecule has 0 unspecified atom stereocenters. The van der Waals surface area contributed by atoms with Gasteiger partial charge in [0.15, 0.2) is 22.7 Å². The molecule has 8 aromatic carbocycles. The van der Waals surface area contributed by atoms with Gasteiger partial charge in [-0.15, -0.1) is 0 Å². The highest BCUT2D eigenvalue weighted by molar-refractivity contribution is 7.01. The maximum atomic E-state index is 7.17. The molecule has 254 valence electrons. The van der Waals surface area contributed by atoms with Crippen LogP contribution in [0, 0.1) is 0 Å². The van der Waals surface area contributed by atoms with E-state index >= 15 is 0 Å². The van der Waals surface area contributed by atoms with Gasteiger partial charge < -0.3 is 27.1 Å². The Morgan fingerprint density at radius 1 is 0.327 bits per heavy atom. The van der Waals surface area contributed by atoms with Crippen LogP contribution in [0.4, 0.5) is 0 Å². The number of benzene rings is 8. The van der Waals surface area contributed by atoms with E-state index in [9.17, 15) is 0 Å².